The highest BCUT2D eigenvalue weighted by molar-refractivity contribution is 7.89. The Balaban J connectivity index is 0.00000288. The van der Waals surface area contributed by atoms with Crippen LogP contribution < -0.4 is 19.5 Å². The minimum absolute atomic E-state index is 0. The topological polar surface area (TPSA) is 76.7 Å². The van der Waals surface area contributed by atoms with Crippen LogP contribution in [0.15, 0.2) is 23.1 Å². The third-order valence-electron chi connectivity index (χ3n) is 4.47. The van der Waals surface area contributed by atoms with Gasteiger partial charge in [0.1, 0.15) is 0 Å². The normalized spacial score (nSPS) is 20.1. The number of hydrogen-bond donors (Lipinski definition) is 2. The molecule has 0 spiro atoms. The summed E-state index contributed by atoms with van der Waals surface area (Å²) in [5.41, 5.74) is 0.0678. The zero-order valence-corrected chi connectivity index (χ0v) is 16.2. The Kier molecular flexibility index (Phi) is 7.34. The fraction of sp³-hybridized carbons (Fsp3) is 0.625. The first-order valence-corrected chi connectivity index (χ1v) is 9.23. The van der Waals surface area contributed by atoms with Crippen molar-refractivity contribution in [1.82, 2.24) is 10.0 Å². The molecule has 24 heavy (non-hydrogen) atoms. The van der Waals surface area contributed by atoms with Crippen LogP contribution in [0, 0.1) is 5.41 Å². The standard InChI is InChI=1S/C16H26N2O4S.ClH/c1-16(2)8-5-9-17-15(16)11-18-23(19,20)12-6-7-13(21-3)14(10-12)22-4;/h6-7,10,15,17-18H,5,8-9,11H2,1-4H3;1H. The summed E-state index contributed by atoms with van der Waals surface area (Å²) < 4.78 is 38.0. The minimum atomic E-state index is -3.59. The molecule has 1 heterocycles. The van der Waals surface area contributed by atoms with Gasteiger partial charge in [-0.1, -0.05) is 13.8 Å². The van der Waals surface area contributed by atoms with E-state index < -0.39 is 10.0 Å². The van der Waals surface area contributed by atoms with Gasteiger partial charge in [-0.15, -0.1) is 12.4 Å². The molecule has 0 saturated carbocycles. The van der Waals surface area contributed by atoms with Crippen LogP contribution in [0.1, 0.15) is 26.7 Å². The van der Waals surface area contributed by atoms with Gasteiger partial charge in [-0.25, -0.2) is 13.1 Å². The Hall–Kier alpha value is -1.02. The first-order valence-electron chi connectivity index (χ1n) is 7.75. The van der Waals surface area contributed by atoms with E-state index in [1.54, 1.807) is 6.07 Å². The maximum atomic E-state index is 12.5. The molecule has 1 unspecified atom stereocenters. The smallest absolute Gasteiger partial charge is 0.240 e. The number of hydrogen-bond acceptors (Lipinski definition) is 5. The largest absolute Gasteiger partial charge is 0.493 e. The maximum absolute atomic E-state index is 12.5. The molecular formula is C16H27ClN2O4S. The zero-order chi connectivity index (χ0) is 17.1. The van der Waals surface area contributed by atoms with Crippen molar-refractivity contribution in [2.45, 2.75) is 37.6 Å². The summed E-state index contributed by atoms with van der Waals surface area (Å²) in [6.45, 7) is 5.61. The molecule has 0 bridgehead atoms. The summed E-state index contributed by atoms with van der Waals surface area (Å²) in [5.74, 6) is 0.896. The second-order valence-corrected chi connectivity index (χ2v) is 8.23. The van der Waals surface area contributed by atoms with Crippen LogP contribution in [-0.4, -0.2) is 41.8 Å². The number of nitrogens with one attached hydrogen (secondary N) is 2. The molecule has 1 atom stereocenters. The Morgan fingerprint density at radius 1 is 1.25 bits per heavy atom. The van der Waals surface area contributed by atoms with E-state index >= 15 is 0 Å². The predicted octanol–water partition coefficient (Wildman–Crippen LogP) is 2.18. The van der Waals surface area contributed by atoms with Gasteiger partial charge in [-0.3, -0.25) is 0 Å². The van der Waals surface area contributed by atoms with E-state index in [4.69, 9.17) is 9.47 Å². The Bertz CT molecular complexity index is 649. The van der Waals surface area contributed by atoms with Crippen molar-refractivity contribution in [3.05, 3.63) is 18.2 Å². The molecule has 1 aliphatic rings. The monoisotopic (exact) mass is 378 g/mol. The van der Waals surface area contributed by atoms with Gasteiger partial charge in [0.15, 0.2) is 11.5 Å². The van der Waals surface area contributed by atoms with Crippen LogP contribution in [0.3, 0.4) is 0 Å². The zero-order valence-electron chi connectivity index (χ0n) is 14.6. The lowest BCUT2D eigenvalue weighted by Crippen LogP contribution is -2.52. The quantitative estimate of drug-likeness (QED) is 0.793. The summed E-state index contributed by atoms with van der Waals surface area (Å²) >= 11 is 0. The number of benzene rings is 1. The fourth-order valence-corrected chi connectivity index (χ4v) is 3.94. The van der Waals surface area contributed by atoms with E-state index in [0.717, 1.165) is 19.4 Å². The summed E-state index contributed by atoms with van der Waals surface area (Å²) in [5, 5.41) is 3.40. The van der Waals surface area contributed by atoms with E-state index in [1.807, 2.05) is 0 Å². The maximum Gasteiger partial charge on any atom is 0.240 e. The molecule has 8 heteroatoms. The molecular weight excluding hydrogens is 352 g/mol. The second kappa shape index (κ2) is 8.38. The van der Waals surface area contributed by atoms with Gasteiger partial charge in [-0.2, -0.15) is 0 Å². The Labute approximate surface area is 150 Å². The van der Waals surface area contributed by atoms with Crippen molar-refractivity contribution in [2.24, 2.45) is 5.41 Å². The van der Waals surface area contributed by atoms with Crippen molar-refractivity contribution in [2.75, 3.05) is 27.3 Å². The van der Waals surface area contributed by atoms with Gasteiger partial charge in [0.05, 0.1) is 19.1 Å². The molecule has 1 aromatic rings. The number of ether oxygens (including phenoxy) is 2. The lowest BCUT2D eigenvalue weighted by molar-refractivity contribution is 0.181. The van der Waals surface area contributed by atoms with E-state index in [9.17, 15) is 8.42 Å². The summed E-state index contributed by atoms with van der Waals surface area (Å²) in [6.07, 6.45) is 2.20. The molecule has 2 rings (SSSR count). The third-order valence-corrected chi connectivity index (χ3v) is 5.90. The van der Waals surface area contributed by atoms with Crippen LogP contribution in [0.25, 0.3) is 0 Å². The van der Waals surface area contributed by atoms with Crippen LogP contribution in [0.5, 0.6) is 11.5 Å². The van der Waals surface area contributed by atoms with Crippen molar-refractivity contribution < 1.29 is 17.9 Å². The van der Waals surface area contributed by atoms with Gasteiger partial charge in [0.25, 0.3) is 0 Å². The van der Waals surface area contributed by atoms with Crippen LogP contribution in [0.2, 0.25) is 0 Å². The molecule has 1 aromatic carbocycles. The number of methoxy groups -OCH3 is 2. The summed E-state index contributed by atoms with van der Waals surface area (Å²) in [4.78, 5) is 0.170. The van der Waals surface area contributed by atoms with Crippen LogP contribution in [0.4, 0.5) is 0 Å². The SMILES string of the molecule is COc1ccc(S(=O)(=O)NCC2NCCCC2(C)C)cc1OC.Cl. The molecule has 0 aromatic heterocycles. The number of sulfonamides is 1. The van der Waals surface area contributed by atoms with Crippen molar-refractivity contribution >= 4 is 22.4 Å². The van der Waals surface area contributed by atoms with Gasteiger partial charge in [0.2, 0.25) is 10.0 Å². The van der Waals surface area contributed by atoms with E-state index in [2.05, 4.69) is 23.9 Å². The number of halogens is 1. The van der Waals surface area contributed by atoms with Crippen molar-refractivity contribution in [3.63, 3.8) is 0 Å². The molecule has 0 aliphatic carbocycles. The van der Waals surface area contributed by atoms with Crippen molar-refractivity contribution in [1.29, 1.82) is 0 Å². The average Bonchev–Trinajstić information content (AvgIpc) is 2.52. The lowest BCUT2D eigenvalue weighted by Gasteiger charge is -2.39. The average molecular weight is 379 g/mol. The summed E-state index contributed by atoms with van der Waals surface area (Å²) in [7, 11) is -0.596. The Morgan fingerprint density at radius 3 is 2.50 bits per heavy atom. The molecule has 6 nitrogen and oxygen atoms in total. The fourth-order valence-electron chi connectivity index (χ4n) is 2.88. The van der Waals surface area contributed by atoms with Crippen LogP contribution in [-0.2, 0) is 10.0 Å². The van der Waals surface area contributed by atoms with Gasteiger partial charge < -0.3 is 14.8 Å². The highest BCUT2D eigenvalue weighted by atomic mass is 35.5. The highest BCUT2D eigenvalue weighted by Crippen LogP contribution is 2.31. The first-order chi connectivity index (χ1) is 10.8. The van der Waals surface area contributed by atoms with E-state index in [-0.39, 0.29) is 28.8 Å². The predicted molar refractivity (Wildman–Crippen MR) is 96.8 cm³/mol. The minimum Gasteiger partial charge on any atom is -0.493 e. The van der Waals surface area contributed by atoms with Crippen LogP contribution >= 0.6 is 12.4 Å². The van der Waals surface area contributed by atoms with Gasteiger partial charge in [0, 0.05) is 18.7 Å². The first kappa shape index (κ1) is 21.0. The molecule has 2 N–H and O–H groups in total. The van der Waals surface area contributed by atoms with Crippen molar-refractivity contribution in [3.8, 4) is 11.5 Å². The van der Waals surface area contributed by atoms with E-state index in [0.29, 0.717) is 18.0 Å². The number of piperidine rings is 1. The van der Waals surface area contributed by atoms with Gasteiger partial charge in [-0.05, 0) is 36.9 Å². The third kappa shape index (κ3) is 4.75. The lowest BCUT2D eigenvalue weighted by atomic mass is 9.78. The van der Waals surface area contributed by atoms with E-state index in [1.165, 1.54) is 26.4 Å². The number of rotatable bonds is 6. The second-order valence-electron chi connectivity index (χ2n) is 6.47. The summed E-state index contributed by atoms with van der Waals surface area (Å²) in [6, 6.07) is 4.70. The molecule has 1 aliphatic heterocycles. The van der Waals surface area contributed by atoms with Gasteiger partial charge >= 0.3 is 0 Å². The molecule has 1 saturated heterocycles. The molecule has 0 amide bonds. The highest BCUT2D eigenvalue weighted by Gasteiger charge is 2.32. The molecule has 1 fully saturated rings. The molecule has 0 radical (unpaired) electrons. The molecule has 138 valence electrons. The Morgan fingerprint density at radius 2 is 1.92 bits per heavy atom.